The molecule has 0 aromatic heterocycles. The lowest BCUT2D eigenvalue weighted by Crippen LogP contribution is -2.49. The van der Waals surface area contributed by atoms with E-state index in [4.69, 9.17) is 10.5 Å². The van der Waals surface area contributed by atoms with E-state index in [-0.39, 0.29) is 23.5 Å². The van der Waals surface area contributed by atoms with Crippen molar-refractivity contribution in [2.75, 3.05) is 7.11 Å². The monoisotopic (exact) mass is 244 g/mol. The molecular formula is C13H28N2O2. The molecule has 0 heterocycles. The zero-order chi connectivity index (χ0) is 13.6. The van der Waals surface area contributed by atoms with Crippen LogP contribution in [0.4, 0.5) is 0 Å². The van der Waals surface area contributed by atoms with Gasteiger partial charge in [0.05, 0.1) is 11.6 Å². The van der Waals surface area contributed by atoms with E-state index in [9.17, 15) is 4.79 Å². The van der Waals surface area contributed by atoms with Gasteiger partial charge in [-0.05, 0) is 33.1 Å². The highest BCUT2D eigenvalue weighted by Crippen LogP contribution is 2.15. The van der Waals surface area contributed by atoms with Crippen LogP contribution < -0.4 is 11.1 Å². The van der Waals surface area contributed by atoms with Gasteiger partial charge in [0.1, 0.15) is 0 Å². The Morgan fingerprint density at radius 1 is 1.41 bits per heavy atom. The van der Waals surface area contributed by atoms with Crippen molar-refractivity contribution in [1.29, 1.82) is 0 Å². The average Bonchev–Trinajstić information content (AvgIpc) is 2.25. The molecule has 0 aromatic carbocycles. The van der Waals surface area contributed by atoms with Crippen LogP contribution in [-0.4, -0.2) is 30.7 Å². The van der Waals surface area contributed by atoms with Gasteiger partial charge < -0.3 is 15.8 Å². The van der Waals surface area contributed by atoms with Crippen molar-refractivity contribution < 1.29 is 9.53 Å². The summed E-state index contributed by atoms with van der Waals surface area (Å²) in [4.78, 5) is 11.9. The Balaban J connectivity index is 4.21. The molecule has 102 valence electrons. The van der Waals surface area contributed by atoms with E-state index in [2.05, 4.69) is 5.32 Å². The van der Waals surface area contributed by atoms with Crippen LogP contribution in [0.5, 0.6) is 0 Å². The van der Waals surface area contributed by atoms with Gasteiger partial charge in [-0.2, -0.15) is 0 Å². The second-order valence-corrected chi connectivity index (χ2v) is 5.49. The molecule has 0 saturated carbocycles. The fourth-order valence-electron chi connectivity index (χ4n) is 1.72. The van der Waals surface area contributed by atoms with Crippen LogP contribution in [0.25, 0.3) is 0 Å². The Kier molecular flexibility index (Phi) is 6.72. The number of amides is 1. The second kappa shape index (κ2) is 6.97. The van der Waals surface area contributed by atoms with Crippen molar-refractivity contribution in [2.24, 2.45) is 11.7 Å². The van der Waals surface area contributed by atoms with Crippen molar-refractivity contribution in [3.8, 4) is 0 Å². The number of carbonyl (C=O) groups is 1. The molecule has 17 heavy (non-hydrogen) atoms. The standard InChI is InChI=1S/C13H28N2O2/c1-7-9(2)11(14)12(16)15-10(3)8-13(4,5)17-6/h9-11H,7-8,14H2,1-6H3,(H,15,16). The van der Waals surface area contributed by atoms with Crippen LogP contribution in [0, 0.1) is 5.92 Å². The highest BCUT2D eigenvalue weighted by molar-refractivity contribution is 5.82. The molecule has 0 fully saturated rings. The normalized spacial score (nSPS) is 17.4. The predicted molar refractivity (Wildman–Crippen MR) is 70.7 cm³/mol. The molecule has 0 aliphatic rings. The summed E-state index contributed by atoms with van der Waals surface area (Å²) in [5, 5.41) is 2.94. The Hall–Kier alpha value is -0.610. The topological polar surface area (TPSA) is 64.4 Å². The third kappa shape index (κ3) is 6.03. The number of hydrogen-bond donors (Lipinski definition) is 2. The molecule has 0 radical (unpaired) electrons. The predicted octanol–water partition coefficient (Wildman–Crippen LogP) is 1.68. The molecule has 4 heteroatoms. The summed E-state index contributed by atoms with van der Waals surface area (Å²) in [5.41, 5.74) is 5.64. The number of hydrogen-bond acceptors (Lipinski definition) is 3. The number of carbonyl (C=O) groups excluding carboxylic acids is 1. The highest BCUT2D eigenvalue weighted by Gasteiger charge is 2.24. The second-order valence-electron chi connectivity index (χ2n) is 5.49. The average molecular weight is 244 g/mol. The van der Waals surface area contributed by atoms with E-state index >= 15 is 0 Å². The number of nitrogens with two attached hydrogens (primary N) is 1. The van der Waals surface area contributed by atoms with Crippen LogP contribution in [0.1, 0.15) is 47.5 Å². The van der Waals surface area contributed by atoms with Crippen molar-refractivity contribution in [1.82, 2.24) is 5.32 Å². The summed E-state index contributed by atoms with van der Waals surface area (Å²) < 4.78 is 5.34. The van der Waals surface area contributed by atoms with E-state index in [1.807, 2.05) is 34.6 Å². The molecule has 0 spiro atoms. The van der Waals surface area contributed by atoms with Crippen LogP contribution in [-0.2, 0) is 9.53 Å². The van der Waals surface area contributed by atoms with Gasteiger partial charge >= 0.3 is 0 Å². The van der Waals surface area contributed by atoms with Crippen molar-refractivity contribution in [3.63, 3.8) is 0 Å². The smallest absolute Gasteiger partial charge is 0.237 e. The van der Waals surface area contributed by atoms with Gasteiger partial charge in [-0.3, -0.25) is 4.79 Å². The van der Waals surface area contributed by atoms with Gasteiger partial charge in [0.2, 0.25) is 5.91 Å². The van der Waals surface area contributed by atoms with Crippen molar-refractivity contribution in [3.05, 3.63) is 0 Å². The van der Waals surface area contributed by atoms with E-state index in [1.54, 1.807) is 7.11 Å². The van der Waals surface area contributed by atoms with E-state index < -0.39 is 6.04 Å². The SMILES string of the molecule is CCC(C)C(N)C(=O)NC(C)CC(C)(C)OC. The largest absolute Gasteiger partial charge is 0.379 e. The molecular weight excluding hydrogens is 216 g/mol. The van der Waals surface area contributed by atoms with Crippen molar-refractivity contribution in [2.45, 2.75) is 65.1 Å². The first-order chi connectivity index (χ1) is 7.73. The molecule has 0 aliphatic heterocycles. The minimum atomic E-state index is -0.423. The fraction of sp³-hybridized carbons (Fsp3) is 0.923. The third-order valence-corrected chi connectivity index (χ3v) is 3.30. The van der Waals surface area contributed by atoms with Gasteiger partial charge in [-0.15, -0.1) is 0 Å². The highest BCUT2D eigenvalue weighted by atomic mass is 16.5. The lowest BCUT2D eigenvalue weighted by Gasteiger charge is -2.28. The first-order valence-electron chi connectivity index (χ1n) is 6.34. The molecule has 3 unspecified atom stereocenters. The number of nitrogens with one attached hydrogen (secondary N) is 1. The summed E-state index contributed by atoms with van der Waals surface area (Å²) in [5.74, 6) is 0.136. The number of methoxy groups -OCH3 is 1. The summed E-state index contributed by atoms with van der Waals surface area (Å²) in [6, 6.07) is -0.360. The van der Waals surface area contributed by atoms with Gasteiger partial charge in [0, 0.05) is 13.2 Å². The van der Waals surface area contributed by atoms with Crippen LogP contribution in [0.15, 0.2) is 0 Å². The van der Waals surface area contributed by atoms with Crippen molar-refractivity contribution >= 4 is 5.91 Å². The fourth-order valence-corrected chi connectivity index (χ4v) is 1.72. The lowest BCUT2D eigenvalue weighted by atomic mass is 9.97. The maximum absolute atomic E-state index is 11.9. The minimum Gasteiger partial charge on any atom is -0.379 e. The molecule has 0 aromatic rings. The first-order valence-corrected chi connectivity index (χ1v) is 6.34. The Labute approximate surface area is 105 Å². The third-order valence-electron chi connectivity index (χ3n) is 3.30. The molecule has 3 N–H and O–H groups in total. The zero-order valence-corrected chi connectivity index (χ0v) is 12.0. The number of ether oxygens (including phenoxy) is 1. The number of rotatable bonds is 7. The Morgan fingerprint density at radius 3 is 2.35 bits per heavy atom. The quantitative estimate of drug-likeness (QED) is 0.716. The Morgan fingerprint density at radius 2 is 1.94 bits per heavy atom. The zero-order valence-electron chi connectivity index (χ0n) is 12.0. The summed E-state index contributed by atoms with van der Waals surface area (Å²) >= 11 is 0. The van der Waals surface area contributed by atoms with Gasteiger partial charge in [-0.1, -0.05) is 20.3 Å². The van der Waals surface area contributed by atoms with E-state index in [0.29, 0.717) is 0 Å². The molecule has 3 atom stereocenters. The molecule has 0 bridgehead atoms. The summed E-state index contributed by atoms with van der Waals surface area (Å²) in [7, 11) is 1.68. The summed E-state index contributed by atoms with van der Waals surface area (Å²) in [6.45, 7) is 10.0. The van der Waals surface area contributed by atoms with E-state index in [1.165, 1.54) is 0 Å². The maximum Gasteiger partial charge on any atom is 0.237 e. The summed E-state index contributed by atoms with van der Waals surface area (Å²) in [6.07, 6.45) is 1.68. The van der Waals surface area contributed by atoms with Crippen LogP contribution >= 0.6 is 0 Å². The molecule has 0 rings (SSSR count). The van der Waals surface area contributed by atoms with Gasteiger partial charge in [-0.25, -0.2) is 0 Å². The lowest BCUT2D eigenvalue weighted by molar-refractivity contribution is -0.124. The van der Waals surface area contributed by atoms with Crippen LogP contribution in [0.3, 0.4) is 0 Å². The van der Waals surface area contributed by atoms with E-state index in [0.717, 1.165) is 12.8 Å². The molecule has 0 aliphatic carbocycles. The van der Waals surface area contributed by atoms with Crippen LogP contribution in [0.2, 0.25) is 0 Å². The molecule has 4 nitrogen and oxygen atoms in total. The minimum absolute atomic E-state index is 0.0626. The molecule has 1 amide bonds. The van der Waals surface area contributed by atoms with Gasteiger partial charge in [0.25, 0.3) is 0 Å². The first kappa shape index (κ1) is 16.4. The van der Waals surface area contributed by atoms with Gasteiger partial charge in [0.15, 0.2) is 0 Å². The Bertz CT molecular complexity index is 242. The molecule has 0 saturated heterocycles. The maximum atomic E-state index is 11.9.